The van der Waals surface area contributed by atoms with E-state index in [9.17, 15) is 9.59 Å². The molecule has 0 atom stereocenters. The molecule has 4 nitrogen and oxygen atoms in total. The van der Waals surface area contributed by atoms with Gasteiger partial charge in [-0.3, -0.25) is 9.59 Å². The van der Waals surface area contributed by atoms with Gasteiger partial charge in [-0.1, -0.05) is 28.9 Å². The molecule has 0 aliphatic heterocycles. The quantitative estimate of drug-likeness (QED) is 0.839. The van der Waals surface area contributed by atoms with Crippen LogP contribution in [0.15, 0.2) is 22.7 Å². The van der Waals surface area contributed by atoms with Crippen molar-refractivity contribution in [3.63, 3.8) is 0 Å². The Morgan fingerprint density at radius 2 is 2.00 bits per heavy atom. The van der Waals surface area contributed by atoms with E-state index in [1.807, 2.05) is 26.8 Å². The zero-order chi connectivity index (χ0) is 16.4. The van der Waals surface area contributed by atoms with E-state index >= 15 is 0 Å². The number of carbonyl (C=O) groups excluding carboxylic acids is 2. The van der Waals surface area contributed by atoms with Crippen molar-refractivity contribution in [2.75, 3.05) is 5.32 Å². The maximum Gasteiger partial charge on any atom is 0.256 e. The number of rotatable bonds is 4. The number of carbonyl (C=O) groups is 2. The van der Waals surface area contributed by atoms with Crippen LogP contribution in [-0.4, -0.2) is 11.8 Å². The number of thiophene rings is 1. The summed E-state index contributed by atoms with van der Waals surface area (Å²) in [5.74, 6) is -0.770. The first-order valence-electron chi connectivity index (χ1n) is 6.84. The van der Waals surface area contributed by atoms with E-state index in [-0.39, 0.29) is 5.91 Å². The number of nitrogens with two attached hydrogens (primary N) is 1. The number of primary amides is 1. The van der Waals surface area contributed by atoms with Gasteiger partial charge >= 0.3 is 0 Å². The molecule has 116 valence electrons. The van der Waals surface area contributed by atoms with Gasteiger partial charge in [0, 0.05) is 14.9 Å². The van der Waals surface area contributed by atoms with Gasteiger partial charge in [0.15, 0.2) is 0 Å². The minimum atomic E-state index is -0.512. The molecule has 1 aromatic carbocycles. The second-order valence-corrected chi connectivity index (χ2v) is 7.06. The van der Waals surface area contributed by atoms with Crippen molar-refractivity contribution >= 4 is 44.1 Å². The number of hydrogen-bond acceptors (Lipinski definition) is 3. The Bertz CT molecular complexity index is 753. The molecule has 0 radical (unpaired) electrons. The molecule has 1 aromatic heterocycles. The molecule has 0 saturated heterocycles. The van der Waals surface area contributed by atoms with Crippen molar-refractivity contribution < 1.29 is 9.59 Å². The Morgan fingerprint density at radius 1 is 1.32 bits per heavy atom. The maximum atomic E-state index is 12.4. The van der Waals surface area contributed by atoms with E-state index in [0.717, 1.165) is 20.5 Å². The first kappa shape index (κ1) is 16.7. The molecule has 1 heterocycles. The molecule has 0 spiro atoms. The normalized spacial score (nSPS) is 10.5. The monoisotopic (exact) mass is 380 g/mol. The summed E-state index contributed by atoms with van der Waals surface area (Å²) < 4.78 is 0.867. The Balaban J connectivity index is 2.36. The van der Waals surface area contributed by atoms with Crippen molar-refractivity contribution in [2.45, 2.75) is 27.2 Å². The van der Waals surface area contributed by atoms with Gasteiger partial charge in [0.2, 0.25) is 0 Å². The molecule has 2 rings (SSSR count). The van der Waals surface area contributed by atoms with Gasteiger partial charge in [0.1, 0.15) is 5.00 Å². The number of halogens is 1. The largest absolute Gasteiger partial charge is 0.365 e. The number of benzene rings is 1. The fourth-order valence-corrected chi connectivity index (χ4v) is 3.79. The first-order chi connectivity index (χ1) is 10.3. The topological polar surface area (TPSA) is 72.2 Å². The van der Waals surface area contributed by atoms with Gasteiger partial charge in [-0.05, 0) is 43.5 Å². The Kier molecular flexibility index (Phi) is 5.03. The van der Waals surface area contributed by atoms with Crippen LogP contribution in [-0.2, 0) is 6.42 Å². The van der Waals surface area contributed by atoms with Gasteiger partial charge in [-0.2, -0.15) is 0 Å². The van der Waals surface area contributed by atoms with Crippen molar-refractivity contribution in [3.8, 4) is 0 Å². The highest BCUT2D eigenvalue weighted by Gasteiger charge is 2.21. The van der Waals surface area contributed by atoms with Crippen LogP contribution in [0.1, 0.15) is 43.6 Å². The molecule has 0 fully saturated rings. The molecule has 0 bridgehead atoms. The number of hydrogen-bond donors (Lipinski definition) is 2. The smallest absolute Gasteiger partial charge is 0.256 e. The summed E-state index contributed by atoms with van der Waals surface area (Å²) in [6, 6.07) is 5.38. The molecule has 6 heteroatoms. The van der Waals surface area contributed by atoms with Crippen LogP contribution < -0.4 is 11.1 Å². The zero-order valence-corrected chi connectivity index (χ0v) is 15.0. The van der Waals surface area contributed by atoms with Gasteiger partial charge < -0.3 is 11.1 Å². The molecular formula is C16H17BrN2O2S. The van der Waals surface area contributed by atoms with Gasteiger partial charge in [-0.15, -0.1) is 11.3 Å². The van der Waals surface area contributed by atoms with E-state index in [0.29, 0.717) is 22.5 Å². The van der Waals surface area contributed by atoms with Gasteiger partial charge in [0.25, 0.3) is 11.8 Å². The third-order valence-electron chi connectivity index (χ3n) is 3.47. The van der Waals surface area contributed by atoms with Crippen molar-refractivity contribution in [1.82, 2.24) is 0 Å². The summed E-state index contributed by atoms with van der Waals surface area (Å²) in [5, 5.41) is 3.33. The van der Waals surface area contributed by atoms with Crippen LogP contribution in [0.2, 0.25) is 0 Å². The summed E-state index contributed by atoms with van der Waals surface area (Å²) in [5.41, 5.74) is 8.37. The van der Waals surface area contributed by atoms with Crippen LogP contribution >= 0.6 is 27.3 Å². The lowest BCUT2D eigenvalue weighted by Crippen LogP contribution is -2.18. The Hall–Kier alpha value is -1.66. The average Bonchev–Trinajstić information content (AvgIpc) is 2.77. The molecule has 0 aliphatic carbocycles. The van der Waals surface area contributed by atoms with Gasteiger partial charge in [-0.25, -0.2) is 0 Å². The SMILES string of the molecule is CCc1c(C)sc(NC(=O)c2ccc(C)c(Br)c2)c1C(N)=O. The average molecular weight is 381 g/mol. The summed E-state index contributed by atoms with van der Waals surface area (Å²) in [6.45, 7) is 5.84. The van der Waals surface area contributed by atoms with Crippen LogP contribution in [0.25, 0.3) is 0 Å². The van der Waals surface area contributed by atoms with Crippen molar-refractivity contribution in [1.29, 1.82) is 0 Å². The molecule has 2 aromatic rings. The van der Waals surface area contributed by atoms with Crippen LogP contribution in [0.4, 0.5) is 5.00 Å². The Morgan fingerprint density at radius 3 is 2.55 bits per heavy atom. The minimum absolute atomic E-state index is 0.257. The second kappa shape index (κ2) is 6.62. The van der Waals surface area contributed by atoms with Crippen LogP contribution in [0.5, 0.6) is 0 Å². The van der Waals surface area contributed by atoms with Crippen molar-refractivity contribution in [3.05, 3.63) is 49.8 Å². The highest BCUT2D eigenvalue weighted by molar-refractivity contribution is 9.10. The molecule has 22 heavy (non-hydrogen) atoms. The lowest BCUT2D eigenvalue weighted by Gasteiger charge is -2.07. The molecule has 0 aliphatic rings. The lowest BCUT2D eigenvalue weighted by molar-refractivity contribution is 0.100. The summed E-state index contributed by atoms with van der Waals surface area (Å²) in [6.07, 6.45) is 0.701. The molecule has 3 N–H and O–H groups in total. The maximum absolute atomic E-state index is 12.4. The molecule has 0 unspecified atom stereocenters. The first-order valence-corrected chi connectivity index (χ1v) is 8.45. The summed E-state index contributed by atoms with van der Waals surface area (Å²) >= 11 is 4.79. The third-order valence-corrected chi connectivity index (χ3v) is 5.39. The number of nitrogens with one attached hydrogen (secondary N) is 1. The number of amides is 2. The van der Waals surface area contributed by atoms with Crippen molar-refractivity contribution in [2.24, 2.45) is 5.73 Å². The molecule has 0 saturated carbocycles. The van der Waals surface area contributed by atoms with E-state index in [1.54, 1.807) is 12.1 Å². The molecular weight excluding hydrogens is 364 g/mol. The molecule has 2 amide bonds. The predicted molar refractivity (Wildman–Crippen MR) is 93.8 cm³/mol. The van der Waals surface area contributed by atoms with Gasteiger partial charge in [0.05, 0.1) is 5.56 Å². The lowest BCUT2D eigenvalue weighted by atomic mass is 10.1. The minimum Gasteiger partial charge on any atom is -0.365 e. The second-order valence-electron chi connectivity index (χ2n) is 4.98. The van der Waals surface area contributed by atoms with Crippen LogP contribution in [0.3, 0.4) is 0 Å². The highest BCUT2D eigenvalue weighted by atomic mass is 79.9. The zero-order valence-electron chi connectivity index (χ0n) is 12.6. The van der Waals surface area contributed by atoms with E-state index in [4.69, 9.17) is 5.73 Å². The summed E-state index contributed by atoms with van der Waals surface area (Å²) in [4.78, 5) is 25.1. The van der Waals surface area contributed by atoms with E-state index < -0.39 is 5.91 Å². The fraction of sp³-hybridized carbons (Fsp3) is 0.250. The Labute approximate surface area is 141 Å². The summed E-state index contributed by atoms with van der Waals surface area (Å²) in [7, 11) is 0. The third kappa shape index (κ3) is 3.23. The number of anilines is 1. The number of aryl methyl sites for hydroxylation is 2. The van der Waals surface area contributed by atoms with E-state index in [2.05, 4.69) is 21.2 Å². The standard InChI is InChI=1S/C16H17BrN2O2S/c1-4-11-9(3)22-16(13(11)14(18)20)19-15(21)10-6-5-8(2)12(17)7-10/h5-7H,4H2,1-3H3,(H2,18,20)(H,19,21). The van der Waals surface area contributed by atoms with E-state index in [1.165, 1.54) is 11.3 Å². The fourth-order valence-electron chi connectivity index (χ4n) is 2.26. The van der Waals surface area contributed by atoms with Crippen LogP contribution in [0, 0.1) is 13.8 Å². The predicted octanol–water partition coefficient (Wildman–Crippen LogP) is 4.04. The highest BCUT2D eigenvalue weighted by Crippen LogP contribution is 2.33.